The van der Waals surface area contributed by atoms with Crippen LogP contribution in [0.3, 0.4) is 0 Å². The summed E-state index contributed by atoms with van der Waals surface area (Å²) in [5, 5.41) is 10.6. The Balaban J connectivity index is 2.49. The molecule has 1 atom stereocenters. The van der Waals surface area contributed by atoms with Crippen molar-refractivity contribution in [3.63, 3.8) is 0 Å². The van der Waals surface area contributed by atoms with Gasteiger partial charge in [-0.25, -0.2) is 4.98 Å². The Hall–Kier alpha value is -1.61. The fourth-order valence-corrected chi connectivity index (χ4v) is 2.59. The van der Waals surface area contributed by atoms with Crippen molar-refractivity contribution in [1.82, 2.24) is 9.55 Å². The molecule has 18 heavy (non-hydrogen) atoms. The summed E-state index contributed by atoms with van der Waals surface area (Å²) < 4.78 is 1.98. The standard InChI is InChI=1S/C15H20N2O/c1-5-17-7-6-16-15(17)14(18)13-11(3)8-10(2)9-12(13)4/h6-9,14,18H,5H2,1-4H3. The predicted octanol–water partition coefficient (Wildman–Crippen LogP) is 2.91. The second-order valence-electron chi connectivity index (χ2n) is 4.79. The van der Waals surface area contributed by atoms with Crippen LogP contribution in [0.15, 0.2) is 24.5 Å². The molecule has 3 heteroatoms. The van der Waals surface area contributed by atoms with Crippen molar-refractivity contribution >= 4 is 0 Å². The molecule has 1 aromatic heterocycles. The van der Waals surface area contributed by atoms with Crippen LogP contribution in [0.5, 0.6) is 0 Å². The zero-order chi connectivity index (χ0) is 13.3. The van der Waals surface area contributed by atoms with E-state index in [-0.39, 0.29) is 0 Å². The van der Waals surface area contributed by atoms with Gasteiger partial charge in [0, 0.05) is 18.9 Å². The lowest BCUT2D eigenvalue weighted by atomic mass is 9.95. The molecule has 1 heterocycles. The first-order valence-electron chi connectivity index (χ1n) is 6.31. The number of aliphatic hydroxyl groups excluding tert-OH is 1. The summed E-state index contributed by atoms with van der Waals surface area (Å²) in [5.41, 5.74) is 4.43. The van der Waals surface area contributed by atoms with Crippen molar-refractivity contribution in [2.24, 2.45) is 0 Å². The lowest BCUT2D eigenvalue weighted by Crippen LogP contribution is -2.11. The smallest absolute Gasteiger partial charge is 0.142 e. The van der Waals surface area contributed by atoms with Gasteiger partial charge in [0.1, 0.15) is 11.9 Å². The zero-order valence-electron chi connectivity index (χ0n) is 11.4. The van der Waals surface area contributed by atoms with Gasteiger partial charge in [0.15, 0.2) is 0 Å². The largest absolute Gasteiger partial charge is 0.380 e. The van der Waals surface area contributed by atoms with Crippen LogP contribution in [0.25, 0.3) is 0 Å². The Labute approximate surface area is 108 Å². The number of rotatable bonds is 3. The van der Waals surface area contributed by atoms with E-state index >= 15 is 0 Å². The number of aromatic nitrogens is 2. The van der Waals surface area contributed by atoms with Crippen LogP contribution >= 0.6 is 0 Å². The van der Waals surface area contributed by atoms with Gasteiger partial charge in [-0.05, 0) is 44.4 Å². The molecule has 2 aromatic rings. The fourth-order valence-electron chi connectivity index (χ4n) is 2.59. The Morgan fingerprint density at radius 1 is 1.22 bits per heavy atom. The summed E-state index contributed by atoms with van der Waals surface area (Å²) in [5.74, 6) is 0.715. The molecular formula is C15H20N2O. The van der Waals surface area contributed by atoms with Crippen LogP contribution in [-0.2, 0) is 6.54 Å². The lowest BCUT2D eigenvalue weighted by molar-refractivity contribution is 0.203. The Morgan fingerprint density at radius 3 is 2.39 bits per heavy atom. The van der Waals surface area contributed by atoms with Gasteiger partial charge < -0.3 is 9.67 Å². The van der Waals surface area contributed by atoms with Gasteiger partial charge in [-0.2, -0.15) is 0 Å². The number of hydrogen-bond donors (Lipinski definition) is 1. The van der Waals surface area contributed by atoms with Crippen LogP contribution < -0.4 is 0 Å². The topological polar surface area (TPSA) is 38.0 Å². The van der Waals surface area contributed by atoms with E-state index in [1.807, 2.05) is 31.5 Å². The van der Waals surface area contributed by atoms with Crippen molar-refractivity contribution in [3.8, 4) is 0 Å². The number of nitrogens with zero attached hydrogens (tertiary/aromatic N) is 2. The van der Waals surface area contributed by atoms with Crippen molar-refractivity contribution in [2.75, 3.05) is 0 Å². The highest BCUT2D eigenvalue weighted by molar-refractivity contribution is 5.41. The summed E-state index contributed by atoms with van der Waals surface area (Å²) in [6.45, 7) is 9.02. The summed E-state index contributed by atoms with van der Waals surface area (Å²) in [6, 6.07) is 4.20. The molecule has 0 aliphatic carbocycles. The number of hydrogen-bond acceptors (Lipinski definition) is 2. The molecule has 0 aliphatic rings. The Kier molecular flexibility index (Phi) is 3.53. The predicted molar refractivity (Wildman–Crippen MR) is 72.6 cm³/mol. The van der Waals surface area contributed by atoms with E-state index in [1.54, 1.807) is 6.20 Å². The average molecular weight is 244 g/mol. The molecule has 96 valence electrons. The van der Waals surface area contributed by atoms with Gasteiger partial charge in [-0.1, -0.05) is 17.7 Å². The first-order valence-corrected chi connectivity index (χ1v) is 6.31. The third-order valence-electron chi connectivity index (χ3n) is 3.34. The van der Waals surface area contributed by atoms with E-state index in [0.29, 0.717) is 5.82 Å². The maximum atomic E-state index is 10.6. The van der Waals surface area contributed by atoms with E-state index in [1.165, 1.54) is 5.56 Å². The zero-order valence-corrected chi connectivity index (χ0v) is 11.4. The number of aliphatic hydroxyl groups is 1. The quantitative estimate of drug-likeness (QED) is 0.901. The fraction of sp³-hybridized carbons (Fsp3) is 0.400. The van der Waals surface area contributed by atoms with Crippen LogP contribution in [0.2, 0.25) is 0 Å². The van der Waals surface area contributed by atoms with Gasteiger partial charge in [0.25, 0.3) is 0 Å². The summed E-state index contributed by atoms with van der Waals surface area (Å²) in [7, 11) is 0. The van der Waals surface area contributed by atoms with Gasteiger partial charge in [-0.15, -0.1) is 0 Å². The lowest BCUT2D eigenvalue weighted by Gasteiger charge is -2.18. The molecule has 0 saturated carbocycles. The van der Waals surface area contributed by atoms with Crippen molar-refractivity contribution in [2.45, 2.75) is 40.3 Å². The SMILES string of the molecule is CCn1ccnc1C(O)c1c(C)cc(C)cc1C. The number of imidazole rings is 1. The molecule has 0 bridgehead atoms. The first-order chi connectivity index (χ1) is 8.54. The van der Waals surface area contributed by atoms with Gasteiger partial charge in [0.2, 0.25) is 0 Å². The number of benzene rings is 1. The highest BCUT2D eigenvalue weighted by Gasteiger charge is 2.19. The molecule has 0 fully saturated rings. The van der Waals surface area contributed by atoms with Crippen LogP contribution in [0.4, 0.5) is 0 Å². The summed E-state index contributed by atoms with van der Waals surface area (Å²) in [4.78, 5) is 4.28. The van der Waals surface area contributed by atoms with Crippen LogP contribution in [0.1, 0.15) is 41.1 Å². The molecule has 1 N–H and O–H groups in total. The van der Waals surface area contributed by atoms with E-state index in [9.17, 15) is 5.11 Å². The summed E-state index contributed by atoms with van der Waals surface area (Å²) in [6.07, 6.45) is 2.98. The molecule has 1 aromatic carbocycles. The average Bonchev–Trinajstić information content (AvgIpc) is 2.75. The molecule has 2 rings (SSSR count). The van der Waals surface area contributed by atoms with Crippen LogP contribution in [0, 0.1) is 20.8 Å². The maximum Gasteiger partial charge on any atom is 0.142 e. The minimum Gasteiger partial charge on any atom is -0.380 e. The third kappa shape index (κ3) is 2.18. The third-order valence-corrected chi connectivity index (χ3v) is 3.34. The molecule has 0 spiro atoms. The summed E-state index contributed by atoms with van der Waals surface area (Å²) >= 11 is 0. The Bertz CT molecular complexity index is 534. The molecule has 0 aliphatic heterocycles. The monoisotopic (exact) mass is 244 g/mol. The van der Waals surface area contributed by atoms with E-state index in [2.05, 4.69) is 24.0 Å². The normalized spacial score (nSPS) is 12.7. The van der Waals surface area contributed by atoms with E-state index in [0.717, 1.165) is 23.2 Å². The minimum atomic E-state index is -0.652. The Morgan fingerprint density at radius 2 is 1.83 bits per heavy atom. The van der Waals surface area contributed by atoms with Crippen molar-refractivity contribution in [3.05, 3.63) is 52.6 Å². The van der Waals surface area contributed by atoms with Crippen molar-refractivity contribution in [1.29, 1.82) is 0 Å². The van der Waals surface area contributed by atoms with Crippen molar-refractivity contribution < 1.29 is 5.11 Å². The van der Waals surface area contributed by atoms with E-state index in [4.69, 9.17) is 0 Å². The highest BCUT2D eigenvalue weighted by Crippen LogP contribution is 2.27. The minimum absolute atomic E-state index is 0.652. The maximum absolute atomic E-state index is 10.6. The molecule has 0 saturated heterocycles. The molecule has 0 radical (unpaired) electrons. The molecule has 0 amide bonds. The molecular weight excluding hydrogens is 224 g/mol. The molecule has 1 unspecified atom stereocenters. The van der Waals surface area contributed by atoms with E-state index < -0.39 is 6.10 Å². The first kappa shape index (κ1) is 12.8. The number of aryl methyl sites for hydroxylation is 4. The molecule has 3 nitrogen and oxygen atoms in total. The van der Waals surface area contributed by atoms with Gasteiger partial charge in [-0.3, -0.25) is 0 Å². The van der Waals surface area contributed by atoms with Gasteiger partial charge >= 0.3 is 0 Å². The second kappa shape index (κ2) is 4.94. The highest BCUT2D eigenvalue weighted by atomic mass is 16.3. The van der Waals surface area contributed by atoms with Gasteiger partial charge in [0.05, 0.1) is 0 Å². The van der Waals surface area contributed by atoms with Crippen LogP contribution in [-0.4, -0.2) is 14.7 Å². The second-order valence-corrected chi connectivity index (χ2v) is 4.79.